The highest BCUT2D eigenvalue weighted by atomic mass is 32.2. The first-order valence-corrected chi connectivity index (χ1v) is 10.2. The predicted molar refractivity (Wildman–Crippen MR) is 104 cm³/mol. The Bertz CT molecular complexity index is 748. The van der Waals surface area contributed by atoms with Crippen molar-refractivity contribution >= 4 is 28.1 Å². The normalized spacial score (nSPS) is 16.5. The zero-order valence-corrected chi connectivity index (χ0v) is 15.5. The van der Waals surface area contributed by atoms with Crippen LogP contribution in [0.5, 0.6) is 0 Å². The van der Waals surface area contributed by atoms with Crippen LogP contribution in [0.4, 0.5) is 11.4 Å². The maximum Gasteiger partial charge on any atom is 0.255 e. The van der Waals surface area contributed by atoms with Crippen molar-refractivity contribution in [1.82, 2.24) is 0 Å². The van der Waals surface area contributed by atoms with Gasteiger partial charge in [-0.15, -0.1) is 0 Å². The van der Waals surface area contributed by atoms with E-state index in [0.29, 0.717) is 5.56 Å². The molecule has 1 fully saturated rings. The van der Waals surface area contributed by atoms with Crippen LogP contribution in [-0.4, -0.2) is 29.5 Å². The number of nitrogens with zero attached hydrogens (tertiary/aromatic N) is 1. The molecule has 4 nitrogen and oxygen atoms in total. The Morgan fingerprint density at radius 2 is 1.64 bits per heavy atom. The molecule has 1 unspecified atom stereocenters. The molecule has 5 heteroatoms. The smallest absolute Gasteiger partial charge is 0.255 e. The van der Waals surface area contributed by atoms with Gasteiger partial charge in [-0.2, -0.15) is 0 Å². The van der Waals surface area contributed by atoms with Crippen LogP contribution in [0.2, 0.25) is 0 Å². The standard InChI is InChI=1S/C20H24N2O2S/c1-15-11-13-22(14-12-15)18-7-5-17(6-8-18)21-20(23)16-3-9-19(10-4-16)25(2)24/h3-10,15H,11-14H2,1-2H3,(H,21,23). The number of benzene rings is 2. The Hall–Kier alpha value is -2.14. The second-order valence-electron chi connectivity index (χ2n) is 6.65. The first-order chi connectivity index (χ1) is 12.0. The zero-order valence-electron chi connectivity index (χ0n) is 14.7. The van der Waals surface area contributed by atoms with Crippen molar-refractivity contribution in [2.45, 2.75) is 24.7 Å². The van der Waals surface area contributed by atoms with Gasteiger partial charge in [0.25, 0.3) is 5.91 Å². The molecule has 1 aliphatic rings. The van der Waals surface area contributed by atoms with Crippen molar-refractivity contribution in [3.8, 4) is 0 Å². The lowest BCUT2D eigenvalue weighted by atomic mass is 9.99. The second-order valence-corrected chi connectivity index (χ2v) is 8.03. The lowest BCUT2D eigenvalue weighted by molar-refractivity contribution is 0.102. The average molecular weight is 356 g/mol. The molecule has 2 aromatic rings. The summed E-state index contributed by atoms with van der Waals surface area (Å²) in [6.45, 7) is 4.50. The average Bonchev–Trinajstić information content (AvgIpc) is 2.63. The third-order valence-corrected chi connectivity index (χ3v) is 5.66. The van der Waals surface area contributed by atoms with Gasteiger partial charge in [0, 0.05) is 52.0 Å². The number of piperidine rings is 1. The fraction of sp³-hybridized carbons (Fsp3) is 0.350. The van der Waals surface area contributed by atoms with Gasteiger partial charge in [-0.05, 0) is 67.3 Å². The highest BCUT2D eigenvalue weighted by molar-refractivity contribution is 7.84. The number of hydrogen-bond acceptors (Lipinski definition) is 3. The molecule has 0 bridgehead atoms. The van der Waals surface area contributed by atoms with Crippen LogP contribution in [0.15, 0.2) is 53.4 Å². The van der Waals surface area contributed by atoms with Crippen LogP contribution in [0.1, 0.15) is 30.1 Å². The van der Waals surface area contributed by atoms with E-state index in [9.17, 15) is 9.00 Å². The van der Waals surface area contributed by atoms with Crippen molar-refractivity contribution in [2.24, 2.45) is 5.92 Å². The molecule has 0 aliphatic carbocycles. The molecule has 2 aromatic carbocycles. The minimum Gasteiger partial charge on any atom is -0.372 e. The molecule has 1 aliphatic heterocycles. The molecule has 3 rings (SSSR count). The van der Waals surface area contributed by atoms with Gasteiger partial charge < -0.3 is 10.2 Å². The highest BCUT2D eigenvalue weighted by Gasteiger charge is 2.16. The number of amides is 1. The van der Waals surface area contributed by atoms with Crippen LogP contribution in [0.25, 0.3) is 0 Å². The maximum absolute atomic E-state index is 12.3. The van der Waals surface area contributed by atoms with Gasteiger partial charge in [0.15, 0.2) is 0 Å². The Kier molecular flexibility index (Phi) is 5.53. The number of rotatable bonds is 4. The van der Waals surface area contributed by atoms with Gasteiger partial charge in [-0.3, -0.25) is 9.00 Å². The van der Waals surface area contributed by atoms with E-state index in [0.717, 1.165) is 29.6 Å². The molecule has 1 saturated heterocycles. The molecule has 1 amide bonds. The third-order valence-electron chi connectivity index (χ3n) is 4.72. The summed E-state index contributed by atoms with van der Waals surface area (Å²) in [5, 5.41) is 2.91. The lowest BCUT2D eigenvalue weighted by Crippen LogP contribution is -2.32. The number of nitrogens with one attached hydrogen (secondary N) is 1. The molecule has 0 spiro atoms. The zero-order chi connectivity index (χ0) is 17.8. The molecule has 1 atom stereocenters. The Labute approximate surface area is 151 Å². The van der Waals surface area contributed by atoms with Crippen LogP contribution in [0.3, 0.4) is 0 Å². The largest absolute Gasteiger partial charge is 0.372 e. The fourth-order valence-electron chi connectivity index (χ4n) is 3.02. The topological polar surface area (TPSA) is 49.4 Å². The van der Waals surface area contributed by atoms with Gasteiger partial charge in [-0.25, -0.2) is 0 Å². The van der Waals surface area contributed by atoms with E-state index in [1.807, 2.05) is 12.1 Å². The fourth-order valence-corrected chi connectivity index (χ4v) is 3.54. The van der Waals surface area contributed by atoms with E-state index in [2.05, 4.69) is 29.3 Å². The third kappa shape index (κ3) is 4.48. The Morgan fingerprint density at radius 1 is 1.04 bits per heavy atom. The van der Waals surface area contributed by atoms with Crippen LogP contribution >= 0.6 is 0 Å². The summed E-state index contributed by atoms with van der Waals surface area (Å²) in [5.74, 6) is 0.652. The number of carbonyl (C=O) groups is 1. The molecule has 0 radical (unpaired) electrons. The maximum atomic E-state index is 12.3. The van der Waals surface area contributed by atoms with Gasteiger partial charge in [-0.1, -0.05) is 6.92 Å². The molecule has 0 saturated carbocycles. The number of hydrogen-bond donors (Lipinski definition) is 1. The molecule has 25 heavy (non-hydrogen) atoms. The predicted octanol–water partition coefficient (Wildman–Crippen LogP) is 3.91. The summed E-state index contributed by atoms with van der Waals surface area (Å²) >= 11 is 0. The van der Waals surface area contributed by atoms with E-state index in [1.165, 1.54) is 18.5 Å². The van der Waals surface area contributed by atoms with Crippen LogP contribution < -0.4 is 10.2 Å². The van der Waals surface area contributed by atoms with Gasteiger partial charge in [0.1, 0.15) is 0 Å². The monoisotopic (exact) mass is 356 g/mol. The van der Waals surface area contributed by atoms with E-state index < -0.39 is 10.8 Å². The van der Waals surface area contributed by atoms with Crippen molar-refractivity contribution in [3.63, 3.8) is 0 Å². The van der Waals surface area contributed by atoms with Crippen LogP contribution in [0, 0.1) is 5.92 Å². The van der Waals surface area contributed by atoms with Crippen molar-refractivity contribution < 1.29 is 9.00 Å². The first-order valence-electron chi connectivity index (χ1n) is 8.63. The summed E-state index contributed by atoms with van der Waals surface area (Å²) < 4.78 is 11.4. The van der Waals surface area contributed by atoms with E-state index in [4.69, 9.17) is 0 Å². The molecule has 1 N–H and O–H groups in total. The van der Waals surface area contributed by atoms with E-state index in [1.54, 1.807) is 30.5 Å². The summed E-state index contributed by atoms with van der Waals surface area (Å²) in [5.41, 5.74) is 2.55. The number of anilines is 2. The first kappa shape index (κ1) is 17.7. The highest BCUT2D eigenvalue weighted by Crippen LogP contribution is 2.24. The van der Waals surface area contributed by atoms with Crippen molar-refractivity contribution in [1.29, 1.82) is 0 Å². The van der Waals surface area contributed by atoms with Crippen molar-refractivity contribution in [3.05, 3.63) is 54.1 Å². The summed E-state index contributed by atoms with van der Waals surface area (Å²) in [6.07, 6.45) is 4.09. The van der Waals surface area contributed by atoms with Crippen molar-refractivity contribution in [2.75, 3.05) is 29.6 Å². The van der Waals surface area contributed by atoms with E-state index in [-0.39, 0.29) is 5.91 Å². The SMILES string of the molecule is CC1CCN(c2ccc(NC(=O)c3ccc(S(C)=O)cc3)cc2)CC1. The number of carbonyl (C=O) groups excluding carboxylic acids is 1. The lowest BCUT2D eigenvalue weighted by Gasteiger charge is -2.32. The molecule has 0 aromatic heterocycles. The minimum atomic E-state index is -1.03. The Balaban J connectivity index is 1.62. The second kappa shape index (κ2) is 7.83. The van der Waals surface area contributed by atoms with Gasteiger partial charge >= 0.3 is 0 Å². The van der Waals surface area contributed by atoms with Gasteiger partial charge in [0.2, 0.25) is 0 Å². The van der Waals surface area contributed by atoms with E-state index >= 15 is 0 Å². The molecular formula is C20H24N2O2S. The molecular weight excluding hydrogens is 332 g/mol. The summed E-state index contributed by atoms with van der Waals surface area (Å²) in [6, 6.07) is 14.9. The van der Waals surface area contributed by atoms with Gasteiger partial charge in [0.05, 0.1) is 0 Å². The molecule has 132 valence electrons. The quantitative estimate of drug-likeness (QED) is 0.903. The summed E-state index contributed by atoms with van der Waals surface area (Å²) in [7, 11) is -1.03. The van der Waals surface area contributed by atoms with Crippen LogP contribution in [-0.2, 0) is 10.8 Å². The molecule has 1 heterocycles. The summed E-state index contributed by atoms with van der Waals surface area (Å²) in [4.78, 5) is 15.4. The Morgan fingerprint density at radius 3 is 2.20 bits per heavy atom. The minimum absolute atomic E-state index is 0.159.